The summed E-state index contributed by atoms with van der Waals surface area (Å²) in [5.74, 6) is 0.0404. The monoisotopic (exact) mass is 340 g/mol. The molecule has 0 spiro atoms. The SMILES string of the molecule is CCN(C)C(=O)c1cc(C(C)N2CCN(C)CC2)cc2cccnc12. The molecule has 3 rings (SSSR count). The van der Waals surface area contributed by atoms with E-state index in [9.17, 15) is 4.79 Å². The molecule has 0 bridgehead atoms. The lowest BCUT2D eigenvalue weighted by atomic mass is 9.98. The molecule has 2 aromatic rings. The third kappa shape index (κ3) is 3.67. The Labute approximate surface area is 150 Å². The van der Waals surface area contributed by atoms with Gasteiger partial charge in [0.25, 0.3) is 5.91 Å². The van der Waals surface area contributed by atoms with E-state index in [-0.39, 0.29) is 11.9 Å². The molecule has 0 radical (unpaired) electrons. The number of carbonyl (C=O) groups excluding carboxylic acids is 1. The second kappa shape index (κ2) is 7.50. The molecule has 5 nitrogen and oxygen atoms in total. The van der Waals surface area contributed by atoms with Crippen LogP contribution < -0.4 is 0 Å². The number of carbonyl (C=O) groups is 1. The molecule has 1 aromatic heterocycles. The number of likely N-dealkylation sites (N-methyl/N-ethyl adjacent to an activating group) is 1. The van der Waals surface area contributed by atoms with Gasteiger partial charge < -0.3 is 9.80 Å². The van der Waals surface area contributed by atoms with Crippen molar-refractivity contribution in [1.82, 2.24) is 19.7 Å². The van der Waals surface area contributed by atoms with E-state index < -0.39 is 0 Å². The number of aromatic nitrogens is 1. The molecular weight excluding hydrogens is 312 g/mol. The summed E-state index contributed by atoms with van der Waals surface area (Å²) in [6.45, 7) is 9.20. The summed E-state index contributed by atoms with van der Waals surface area (Å²) in [6, 6.07) is 8.51. The van der Waals surface area contributed by atoms with Crippen LogP contribution >= 0.6 is 0 Å². The van der Waals surface area contributed by atoms with E-state index in [1.165, 1.54) is 5.56 Å². The van der Waals surface area contributed by atoms with Gasteiger partial charge in [0, 0.05) is 57.4 Å². The summed E-state index contributed by atoms with van der Waals surface area (Å²) < 4.78 is 0. The minimum Gasteiger partial charge on any atom is -0.342 e. The van der Waals surface area contributed by atoms with Gasteiger partial charge in [0.05, 0.1) is 11.1 Å². The van der Waals surface area contributed by atoms with Crippen molar-refractivity contribution in [2.75, 3.05) is 46.8 Å². The Balaban J connectivity index is 2.00. The Morgan fingerprint density at radius 2 is 2.00 bits per heavy atom. The van der Waals surface area contributed by atoms with Crippen molar-refractivity contribution in [3.05, 3.63) is 41.6 Å². The van der Waals surface area contributed by atoms with E-state index in [0.29, 0.717) is 12.1 Å². The van der Waals surface area contributed by atoms with Gasteiger partial charge in [-0.15, -0.1) is 0 Å². The fourth-order valence-electron chi connectivity index (χ4n) is 3.39. The normalized spacial score (nSPS) is 17.6. The molecule has 5 heteroatoms. The minimum absolute atomic E-state index is 0.0404. The zero-order valence-corrected chi connectivity index (χ0v) is 15.7. The Hall–Kier alpha value is -1.98. The van der Waals surface area contributed by atoms with Gasteiger partial charge in [-0.1, -0.05) is 6.07 Å². The van der Waals surface area contributed by atoms with Crippen LogP contribution in [0, 0.1) is 0 Å². The first kappa shape index (κ1) is 17.8. The van der Waals surface area contributed by atoms with E-state index in [1.54, 1.807) is 11.1 Å². The molecule has 2 heterocycles. The minimum atomic E-state index is 0.0404. The number of pyridine rings is 1. The lowest BCUT2D eigenvalue weighted by molar-refractivity contribution is 0.0803. The number of piperazine rings is 1. The molecule has 0 N–H and O–H groups in total. The highest BCUT2D eigenvalue weighted by atomic mass is 16.2. The molecule has 0 aliphatic carbocycles. The van der Waals surface area contributed by atoms with Crippen molar-refractivity contribution >= 4 is 16.8 Å². The van der Waals surface area contributed by atoms with Crippen LogP contribution in [-0.4, -0.2) is 72.4 Å². The van der Waals surface area contributed by atoms with E-state index in [4.69, 9.17) is 0 Å². The van der Waals surface area contributed by atoms with Gasteiger partial charge in [0.15, 0.2) is 0 Å². The first-order valence-corrected chi connectivity index (χ1v) is 9.08. The van der Waals surface area contributed by atoms with Crippen molar-refractivity contribution in [2.24, 2.45) is 0 Å². The van der Waals surface area contributed by atoms with Crippen LogP contribution in [0.3, 0.4) is 0 Å². The Kier molecular flexibility index (Phi) is 5.35. The first-order valence-electron chi connectivity index (χ1n) is 9.08. The van der Waals surface area contributed by atoms with Gasteiger partial charge >= 0.3 is 0 Å². The maximum Gasteiger partial charge on any atom is 0.255 e. The summed E-state index contributed by atoms with van der Waals surface area (Å²) in [5.41, 5.74) is 2.69. The Morgan fingerprint density at radius 3 is 2.68 bits per heavy atom. The van der Waals surface area contributed by atoms with Crippen LogP contribution in [0.15, 0.2) is 30.5 Å². The van der Waals surface area contributed by atoms with Crippen LogP contribution in [0.4, 0.5) is 0 Å². The van der Waals surface area contributed by atoms with Crippen LogP contribution in [0.5, 0.6) is 0 Å². The summed E-state index contributed by atoms with van der Waals surface area (Å²) in [6.07, 6.45) is 1.76. The van der Waals surface area contributed by atoms with Gasteiger partial charge in [0.2, 0.25) is 0 Å². The third-order valence-electron chi connectivity index (χ3n) is 5.35. The predicted molar refractivity (Wildman–Crippen MR) is 102 cm³/mol. The highest BCUT2D eigenvalue weighted by Crippen LogP contribution is 2.28. The quantitative estimate of drug-likeness (QED) is 0.858. The molecule has 1 fully saturated rings. The number of benzene rings is 1. The maximum atomic E-state index is 12.8. The van der Waals surface area contributed by atoms with Crippen LogP contribution in [0.2, 0.25) is 0 Å². The molecular formula is C20H28N4O. The summed E-state index contributed by atoms with van der Waals surface area (Å²) in [5, 5.41) is 1.04. The number of fused-ring (bicyclic) bond motifs is 1. The zero-order valence-electron chi connectivity index (χ0n) is 15.7. The van der Waals surface area contributed by atoms with E-state index in [0.717, 1.165) is 37.1 Å². The summed E-state index contributed by atoms with van der Waals surface area (Å²) in [7, 11) is 4.01. The lowest BCUT2D eigenvalue weighted by Gasteiger charge is -2.36. The van der Waals surface area contributed by atoms with Crippen molar-refractivity contribution in [1.29, 1.82) is 0 Å². The third-order valence-corrected chi connectivity index (χ3v) is 5.35. The number of nitrogens with zero attached hydrogens (tertiary/aromatic N) is 4. The van der Waals surface area contributed by atoms with Gasteiger partial charge in [-0.3, -0.25) is 14.7 Å². The largest absolute Gasteiger partial charge is 0.342 e. The second-order valence-corrected chi connectivity index (χ2v) is 6.98. The van der Waals surface area contributed by atoms with Gasteiger partial charge in [-0.05, 0) is 44.7 Å². The Bertz CT molecular complexity index is 752. The number of rotatable bonds is 4. The molecule has 1 aliphatic heterocycles. The van der Waals surface area contributed by atoms with Gasteiger partial charge in [0.1, 0.15) is 0 Å². The average molecular weight is 340 g/mol. The highest BCUT2D eigenvalue weighted by molar-refractivity contribution is 6.05. The zero-order chi connectivity index (χ0) is 18.0. The lowest BCUT2D eigenvalue weighted by Crippen LogP contribution is -2.45. The Morgan fingerprint density at radius 1 is 1.28 bits per heavy atom. The highest BCUT2D eigenvalue weighted by Gasteiger charge is 2.23. The molecule has 1 aromatic carbocycles. The van der Waals surface area contributed by atoms with Crippen LogP contribution in [0.25, 0.3) is 10.9 Å². The second-order valence-electron chi connectivity index (χ2n) is 6.98. The number of hydrogen-bond acceptors (Lipinski definition) is 4. The molecule has 134 valence electrons. The molecule has 1 unspecified atom stereocenters. The molecule has 25 heavy (non-hydrogen) atoms. The van der Waals surface area contributed by atoms with Crippen molar-refractivity contribution in [2.45, 2.75) is 19.9 Å². The van der Waals surface area contributed by atoms with Gasteiger partial charge in [-0.25, -0.2) is 0 Å². The van der Waals surface area contributed by atoms with Crippen LogP contribution in [-0.2, 0) is 0 Å². The van der Waals surface area contributed by atoms with Crippen LogP contribution in [0.1, 0.15) is 35.8 Å². The van der Waals surface area contributed by atoms with E-state index in [1.807, 2.05) is 32.2 Å². The average Bonchev–Trinajstić information content (AvgIpc) is 2.65. The molecule has 1 aliphatic rings. The van der Waals surface area contributed by atoms with E-state index >= 15 is 0 Å². The van der Waals surface area contributed by atoms with Crippen molar-refractivity contribution < 1.29 is 4.79 Å². The van der Waals surface area contributed by atoms with Crippen molar-refractivity contribution in [3.8, 4) is 0 Å². The molecule has 1 amide bonds. The smallest absolute Gasteiger partial charge is 0.255 e. The first-order chi connectivity index (χ1) is 12.0. The van der Waals surface area contributed by atoms with Crippen molar-refractivity contribution in [3.63, 3.8) is 0 Å². The number of hydrogen-bond donors (Lipinski definition) is 0. The summed E-state index contributed by atoms with van der Waals surface area (Å²) in [4.78, 5) is 23.9. The fourth-order valence-corrected chi connectivity index (χ4v) is 3.39. The predicted octanol–water partition coefficient (Wildman–Crippen LogP) is 2.64. The molecule has 0 saturated carbocycles. The van der Waals surface area contributed by atoms with Gasteiger partial charge in [-0.2, -0.15) is 0 Å². The summed E-state index contributed by atoms with van der Waals surface area (Å²) >= 11 is 0. The molecule has 1 saturated heterocycles. The molecule has 1 atom stereocenters. The maximum absolute atomic E-state index is 12.8. The topological polar surface area (TPSA) is 39.7 Å². The fraction of sp³-hybridized carbons (Fsp3) is 0.500. The number of amides is 1. The standard InChI is InChI=1S/C20H28N4O/c1-5-23(4)20(25)18-14-17(13-16-7-6-8-21-19(16)18)15(2)24-11-9-22(3)10-12-24/h6-8,13-15H,5,9-12H2,1-4H3. The van der Waals surface area contributed by atoms with E-state index in [2.05, 4.69) is 34.8 Å².